The first-order chi connectivity index (χ1) is 8.24. The van der Waals surface area contributed by atoms with Crippen LogP contribution < -0.4 is 0 Å². The van der Waals surface area contributed by atoms with Gasteiger partial charge in [-0.3, -0.25) is 0 Å². The van der Waals surface area contributed by atoms with Gasteiger partial charge in [-0.1, -0.05) is 17.3 Å². The second-order valence-corrected chi connectivity index (χ2v) is 3.55. The van der Waals surface area contributed by atoms with Crippen molar-refractivity contribution in [1.82, 2.24) is 5.16 Å². The molecule has 0 bridgehead atoms. The van der Waals surface area contributed by atoms with E-state index in [1.165, 1.54) is 6.07 Å². The third-order valence-corrected chi connectivity index (χ3v) is 2.47. The van der Waals surface area contributed by atoms with Crippen molar-refractivity contribution in [3.8, 4) is 11.3 Å². The quantitative estimate of drug-likeness (QED) is 0.731. The van der Waals surface area contributed by atoms with Crippen molar-refractivity contribution in [1.29, 1.82) is 0 Å². The first kappa shape index (κ1) is 9.65. The fourth-order valence-electron chi connectivity index (χ4n) is 1.63. The molecule has 0 aliphatic carbocycles. The van der Waals surface area contributed by atoms with E-state index in [-0.39, 0.29) is 5.76 Å². The number of rotatable bonds is 2. The van der Waals surface area contributed by atoms with Crippen LogP contribution in [0.5, 0.6) is 0 Å². The summed E-state index contributed by atoms with van der Waals surface area (Å²) in [6.45, 7) is 0. The molecule has 5 nitrogen and oxygen atoms in total. The highest BCUT2D eigenvalue weighted by atomic mass is 16.5. The van der Waals surface area contributed by atoms with Crippen LogP contribution in [0.25, 0.3) is 22.2 Å². The van der Waals surface area contributed by atoms with E-state index in [0.717, 1.165) is 16.5 Å². The van der Waals surface area contributed by atoms with Crippen molar-refractivity contribution in [3.63, 3.8) is 0 Å². The van der Waals surface area contributed by atoms with Crippen LogP contribution in [0.1, 0.15) is 10.6 Å². The van der Waals surface area contributed by atoms with E-state index in [2.05, 4.69) is 5.16 Å². The van der Waals surface area contributed by atoms with Crippen LogP contribution in [0.2, 0.25) is 0 Å². The van der Waals surface area contributed by atoms with Gasteiger partial charge in [0, 0.05) is 17.0 Å². The molecule has 2 aromatic heterocycles. The molecule has 1 N–H and O–H groups in total. The van der Waals surface area contributed by atoms with Crippen molar-refractivity contribution < 1.29 is 18.8 Å². The van der Waals surface area contributed by atoms with E-state index in [0.29, 0.717) is 5.69 Å². The molecule has 0 atom stereocenters. The molecule has 2 heterocycles. The number of carboxylic acids is 1. The fourth-order valence-corrected chi connectivity index (χ4v) is 1.63. The maximum atomic E-state index is 10.7. The third-order valence-electron chi connectivity index (χ3n) is 2.47. The topological polar surface area (TPSA) is 76.5 Å². The average Bonchev–Trinajstić information content (AvgIpc) is 2.97. The first-order valence-corrected chi connectivity index (χ1v) is 4.92. The van der Waals surface area contributed by atoms with Crippen molar-refractivity contribution >= 4 is 16.9 Å². The number of aromatic carboxylic acids is 1. The number of furan rings is 1. The highest BCUT2D eigenvalue weighted by Crippen LogP contribution is 2.24. The summed E-state index contributed by atoms with van der Waals surface area (Å²) < 4.78 is 9.95. The van der Waals surface area contributed by atoms with Crippen molar-refractivity contribution in [2.45, 2.75) is 0 Å². The molecular weight excluding hydrogens is 222 g/mol. The van der Waals surface area contributed by atoms with E-state index in [9.17, 15) is 4.79 Å². The summed E-state index contributed by atoms with van der Waals surface area (Å²) >= 11 is 0. The predicted molar refractivity (Wildman–Crippen MR) is 58.7 cm³/mol. The number of fused-ring (bicyclic) bond motifs is 1. The smallest absolute Gasteiger partial charge is 0.374 e. The second-order valence-electron chi connectivity index (χ2n) is 3.55. The Morgan fingerprint density at radius 1 is 1.24 bits per heavy atom. The molecule has 3 rings (SSSR count). The van der Waals surface area contributed by atoms with Gasteiger partial charge >= 0.3 is 5.97 Å². The lowest BCUT2D eigenvalue weighted by molar-refractivity contribution is 0.0652. The Labute approximate surface area is 95.3 Å². The summed E-state index contributed by atoms with van der Waals surface area (Å²) in [6, 6.07) is 8.74. The fraction of sp³-hybridized carbons (Fsp3) is 0. The Morgan fingerprint density at radius 2 is 2.12 bits per heavy atom. The summed E-state index contributed by atoms with van der Waals surface area (Å²) in [5.41, 5.74) is 1.95. The molecule has 84 valence electrons. The van der Waals surface area contributed by atoms with Gasteiger partial charge in [0.1, 0.15) is 11.3 Å². The predicted octanol–water partition coefficient (Wildman–Crippen LogP) is 2.79. The number of aromatic nitrogens is 1. The van der Waals surface area contributed by atoms with Gasteiger partial charge in [-0.25, -0.2) is 4.79 Å². The number of benzene rings is 1. The van der Waals surface area contributed by atoms with Gasteiger partial charge in [0.25, 0.3) is 0 Å². The van der Waals surface area contributed by atoms with Crippen LogP contribution in [0, 0.1) is 0 Å². The van der Waals surface area contributed by atoms with Crippen LogP contribution >= 0.6 is 0 Å². The van der Waals surface area contributed by atoms with Crippen LogP contribution in [0.3, 0.4) is 0 Å². The molecule has 3 aromatic rings. The van der Waals surface area contributed by atoms with Gasteiger partial charge in [-0.05, 0) is 12.1 Å². The Bertz CT molecular complexity index is 695. The van der Waals surface area contributed by atoms with Crippen molar-refractivity contribution in [2.75, 3.05) is 0 Å². The third kappa shape index (κ3) is 1.57. The molecule has 0 unspecified atom stereocenters. The minimum absolute atomic E-state index is 0.181. The molecule has 0 saturated heterocycles. The summed E-state index contributed by atoms with van der Waals surface area (Å²) in [5.74, 6) is -1.32. The van der Waals surface area contributed by atoms with E-state index in [4.69, 9.17) is 14.0 Å². The molecular formula is C12H7NO4. The summed E-state index contributed by atoms with van der Waals surface area (Å²) in [7, 11) is 0. The van der Waals surface area contributed by atoms with Crippen LogP contribution in [0.4, 0.5) is 0 Å². The summed E-state index contributed by atoms with van der Waals surface area (Å²) in [5, 5.41) is 13.4. The molecule has 17 heavy (non-hydrogen) atoms. The monoisotopic (exact) mass is 229 g/mol. The zero-order valence-corrected chi connectivity index (χ0v) is 8.58. The number of nitrogens with zero attached hydrogens (tertiary/aromatic N) is 1. The number of hydrogen-bond donors (Lipinski definition) is 1. The Kier molecular flexibility index (Phi) is 1.98. The van der Waals surface area contributed by atoms with Crippen LogP contribution in [0.15, 0.2) is 45.5 Å². The normalized spacial score (nSPS) is 10.8. The molecule has 0 aliphatic heterocycles. The van der Waals surface area contributed by atoms with Gasteiger partial charge in [-0.2, -0.15) is 0 Å². The lowest BCUT2D eigenvalue weighted by Crippen LogP contribution is -1.91. The Hall–Kier alpha value is -2.56. The minimum atomic E-state index is -1.14. The molecule has 0 amide bonds. The molecule has 0 aliphatic rings. The van der Waals surface area contributed by atoms with Gasteiger partial charge in [0.05, 0.1) is 6.26 Å². The van der Waals surface area contributed by atoms with Crippen LogP contribution in [-0.4, -0.2) is 16.2 Å². The lowest BCUT2D eigenvalue weighted by atomic mass is 10.1. The number of carboxylic acid groups (broad SMARTS) is 1. The van der Waals surface area contributed by atoms with Crippen LogP contribution in [-0.2, 0) is 0 Å². The molecule has 5 heteroatoms. The van der Waals surface area contributed by atoms with Gasteiger partial charge in [0.15, 0.2) is 0 Å². The SMILES string of the molecule is O=C(O)c1cc(-c2ccc3ccoc3c2)no1. The zero-order valence-electron chi connectivity index (χ0n) is 8.58. The molecule has 0 saturated carbocycles. The van der Waals surface area contributed by atoms with E-state index < -0.39 is 5.97 Å². The van der Waals surface area contributed by atoms with E-state index in [1.807, 2.05) is 18.2 Å². The standard InChI is InChI=1S/C12H7NO4/c14-12(15)11-6-9(13-17-11)8-2-1-7-3-4-16-10(7)5-8/h1-6H,(H,14,15). The number of hydrogen-bond acceptors (Lipinski definition) is 4. The maximum Gasteiger partial charge on any atom is 0.374 e. The van der Waals surface area contributed by atoms with Gasteiger partial charge < -0.3 is 14.0 Å². The Morgan fingerprint density at radius 3 is 2.88 bits per heavy atom. The largest absolute Gasteiger partial charge is 0.475 e. The first-order valence-electron chi connectivity index (χ1n) is 4.92. The molecule has 0 radical (unpaired) electrons. The van der Waals surface area contributed by atoms with Gasteiger partial charge in [-0.15, -0.1) is 0 Å². The zero-order chi connectivity index (χ0) is 11.8. The molecule has 0 spiro atoms. The second kappa shape index (κ2) is 3.48. The minimum Gasteiger partial charge on any atom is -0.475 e. The number of carbonyl (C=O) groups is 1. The molecule has 0 fully saturated rings. The highest BCUT2D eigenvalue weighted by molar-refractivity contribution is 5.87. The molecule has 1 aromatic carbocycles. The highest BCUT2D eigenvalue weighted by Gasteiger charge is 2.12. The van der Waals surface area contributed by atoms with Gasteiger partial charge in [0.2, 0.25) is 5.76 Å². The summed E-state index contributed by atoms with van der Waals surface area (Å²) in [6.07, 6.45) is 1.60. The van der Waals surface area contributed by atoms with Crippen molar-refractivity contribution in [2.24, 2.45) is 0 Å². The average molecular weight is 229 g/mol. The summed E-state index contributed by atoms with van der Waals surface area (Å²) in [4.78, 5) is 10.7. The van der Waals surface area contributed by atoms with E-state index in [1.54, 1.807) is 12.3 Å². The Balaban J connectivity index is 2.09. The van der Waals surface area contributed by atoms with Crippen molar-refractivity contribution in [3.05, 3.63) is 42.4 Å². The van der Waals surface area contributed by atoms with E-state index >= 15 is 0 Å². The lowest BCUT2D eigenvalue weighted by Gasteiger charge is -1.94. The maximum absolute atomic E-state index is 10.7.